The van der Waals surface area contributed by atoms with Gasteiger partial charge in [-0.2, -0.15) is 0 Å². The number of likely N-dealkylation sites (N-methyl/N-ethyl adjacent to an activating group) is 1. The summed E-state index contributed by atoms with van der Waals surface area (Å²) in [5, 5.41) is 16.0. The van der Waals surface area contributed by atoms with Gasteiger partial charge in [-0.05, 0) is 87.7 Å². The molecule has 1 heterocycles. The highest BCUT2D eigenvalue weighted by Crippen LogP contribution is 2.29. The Morgan fingerprint density at radius 1 is 1.02 bits per heavy atom. The van der Waals surface area contributed by atoms with Crippen LogP contribution in [0.5, 0.6) is 11.5 Å². The average molecular weight is 661 g/mol. The second-order valence-electron chi connectivity index (χ2n) is 12.4. The summed E-state index contributed by atoms with van der Waals surface area (Å²) in [7, 11) is 3.29. The normalized spacial score (nSPS) is 19.6. The minimum atomic E-state index is -0.530. The Bertz CT molecular complexity index is 1500. The van der Waals surface area contributed by atoms with Crippen molar-refractivity contribution in [1.82, 2.24) is 9.80 Å². The fourth-order valence-electron chi connectivity index (χ4n) is 5.50. The number of anilines is 2. The van der Waals surface area contributed by atoms with Crippen LogP contribution in [0.2, 0.25) is 0 Å². The summed E-state index contributed by atoms with van der Waals surface area (Å²) in [5.74, 6) is 0.241. The lowest BCUT2D eigenvalue weighted by atomic mass is 10.0. The number of rotatable bonds is 8. The number of fused-ring (bicyclic) bond motifs is 1. The topological polar surface area (TPSA) is 130 Å². The monoisotopic (exact) mass is 660 g/mol. The van der Waals surface area contributed by atoms with Crippen molar-refractivity contribution in [3.05, 3.63) is 83.9 Å². The number of ether oxygens (including phenoxy) is 3. The first kappa shape index (κ1) is 36.2. The predicted molar refractivity (Wildman–Crippen MR) is 186 cm³/mol. The molecule has 0 saturated heterocycles. The van der Waals surface area contributed by atoms with Crippen molar-refractivity contribution in [2.24, 2.45) is 5.92 Å². The molecule has 4 atom stereocenters. The summed E-state index contributed by atoms with van der Waals surface area (Å²) in [6.45, 7) is 6.47. The highest BCUT2D eigenvalue weighted by Gasteiger charge is 2.31. The van der Waals surface area contributed by atoms with Gasteiger partial charge in [0, 0.05) is 49.6 Å². The second-order valence-corrected chi connectivity index (χ2v) is 12.4. The van der Waals surface area contributed by atoms with Crippen molar-refractivity contribution < 1.29 is 33.7 Å². The van der Waals surface area contributed by atoms with Gasteiger partial charge in [0.15, 0.2) is 0 Å². The van der Waals surface area contributed by atoms with Gasteiger partial charge in [-0.3, -0.25) is 9.59 Å². The number of hydrogen-bond donors (Lipinski definition) is 3. The molecule has 0 bridgehead atoms. The molecule has 48 heavy (non-hydrogen) atoms. The molecule has 1 aliphatic heterocycles. The van der Waals surface area contributed by atoms with E-state index >= 15 is 0 Å². The molecule has 0 fully saturated rings. The average Bonchev–Trinajstić information content (AvgIpc) is 3.10. The molecule has 0 aliphatic carbocycles. The highest BCUT2D eigenvalue weighted by atomic mass is 16.5. The van der Waals surface area contributed by atoms with Crippen molar-refractivity contribution in [1.29, 1.82) is 0 Å². The van der Waals surface area contributed by atoms with Crippen LogP contribution in [-0.4, -0.2) is 91.5 Å². The first-order valence-corrected chi connectivity index (χ1v) is 16.5. The largest absolute Gasteiger partial charge is 0.497 e. The van der Waals surface area contributed by atoms with E-state index in [-0.39, 0.29) is 55.1 Å². The van der Waals surface area contributed by atoms with Gasteiger partial charge in [0.1, 0.15) is 11.5 Å². The number of nitrogens with zero attached hydrogens (tertiary/aromatic N) is 2. The number of benzene rings is 3. The Morgan fingerprint density at radius 3 is 2.42 bits per heavy atom. The van der Waals surface area contributed by atoms with Gasteiger partial charge in [0.2, 0.25) is 0 Å². The molecule has 11 heteroatoms. The summed E-state index contributed by atoms with van der Waals surface area (Å²) in [6, 6.07) is 20.2. The summed E-state index contributed by atoms with van der Waals surface area (Å²) in [4.78, 5) is 43.6. The van der Waals surface area contributed by atoms with Crippen LogP contribution in [0, 0.1) is 5.92 Å². The zero-order valence-corrected chi connectivity index (χ0v) is 28.5. The lowest BCUT2D eigenvalue weighted by Gasteiger charge is -2.35. The number of hydrogen-bond acceptors (Lipinski definition) is 7. The van der Waals surface area contributed by atoms with E-state index in [4.69, 9.17) is 14.2 Å². The Kier molecular flexibility index (Phi) is 13.2. The SMILES string of the molecule is COc1ccc(NC(=O)N(C)C[C@@H]2OCCCC[C@H](C)Oc3ccc(NC(=O)c4ccccc4)cc3C(=O)N([C@H](C)CO)C[C@H]2C)cc1. The first-order valence-electron chi connectivity index (χ1n) is 16.5. The lowest BCUT2D eigenvalue weighted by Crippen LogP contribution is -2.48. The molecule has 1 aliphatic rings. The number of methoxy groups -OCH3 is 1. The van der Waals surface area contributed by atoms with E-state index in [0.29, 0.717) is 35.0 Å². The second kappa shape index (κ2) is 17.5. The number of aliphatic hydroxyl groups is 1. The molecule has 4 rings (SSSR count). The zero-order valence-electron chi connectivity index (χ0n) is 28.5. The summed E-state index contributed by atoms with van der Waals surface area (Å²) >= 11 is 0. The van der Waals surface area contributed by atoms with E-state index in [1.54, 1.807) is 97.6 Å². The van der Waals surface area contributed by atoms with Crippen LogP contribution >= 0.6 is 0 Å². The molecular weight excluding hydrogens is 612 g/mol. The van der Waals surface area contributed by atoms with Crippen LogP contribution in [0.1, 0.15) is 60.7 Å². The predicted octanol–water partition coefficient (Wildman–Crippen LogP) is 5.91. The standard InChI is InChI=1S/C37H48N4O7/c1-25-22-41(26(2)24-42)36(44)32-21-30(38-35(43)28-12-7-6-8-13-28)16-19-33(32)48-27(3)11-9-10-20-47-34(25)23-40(4)37(45)39-29-14-17-31(46-5)18-15-29/h6-8,12-19,21,25-27,34,42H,9-11,20,22-24H2,1-5H3,(H,38,43)(H,39,45)/t25-,26-,27+,34+/m1/s1. The summed E-state index contributed by atoms with van der Waals surface area (Å²) in [6.07, 6.45) is 1.80. The number of carbonyl (C=O) groups is 3. The Morgan fingerprint density at radius 2 is 1.73 bits per heavy atom. The van der Waals surface area contributed by atoms with Crippen molar-refractivity contribution in [3.63, 3.8) is 0 Å². The third-order valence-electron chi connectivity index (χ3n) is 8.49. The molecule has 3 aromatic rings. The van der Waals surface area contributed by atoms with Gasteiger partial charge < -0.3 is 39.8 Å². The maximum atomic E-state index is 14.4. The van der Waals surface area contributed by atoms with Crippen molar-refractivity contribution in [3.8, 4) is 11.5 Å². The molecule has 0 saturated carbocycles. The van der Waals surface area contributed by atoms with E-state index in [9.17, 15) is 19.5 Å². The molecule has 0 radical (unpaired) electrons. The fourth-order valence-corrected chi connectivity index (χ4v) is 5.50. The molecule has 258 valence electrons. The number of aliphatic hydroxyl groups excluding tert-OH is 1. The van der Waals surface area contributed by atoms with Crippen molar-refractivity contribution in [2.75, 3.05) is 51.1 Å². The maximum Gasteiger partial charge on any atom is 0.321 e. The lowest BCUT2D eigenvalue weighted by molar-refractivity contribution is -0.0115. The number of amides is 4. The third-order valence-corrected chi connectivity index (χ3v) is 8.49. The van der Waals surface area contributed by atoms with Crippen molar-refractivity contribution in [2.45, 2.75) is 58.3 Å². The minimum Gasteiger partial charge on any atom is -0.497 e. The van der Waals surface area contributed by atoms with Crippen molar-refractivity contribution >= 4 is 29.2 Å². The molecule has 0 unspecified atom stereocenters. The number of carbonyl (C=O) groups excluding carboxylic acids is 3. The molecule has 3 aromatic carbocycles. The summed E-state index contributed by atoms with van der Waals surface area (Å²) < 4.78 is 17.9. The van der Waals surface area contributed by atoms with Gasteiger partial charge in [-0.25, -0.2) is 4.79 Å². The van der Waals surface area contributed by atoms with Crippen LogP contribution in [-0.2, 0) is 4.74 Å². The smallest absolute Gasteiger partial charge is 0.321 e. The quantitative estimate of drug-likeness (QED) is 0.274. The third kappa shape index (κ3) is 9.95. The van der Waals surface area contributed by atoms with Crippen LogP contribution in [0.4, 0.5) is 16.2 Å². The van der Waals surface area contributed by atoms with E-state index in [1.807, 2.05) is 19.9 Å². The molecular formula is C37H48N4O7. The summed E-state index contributed by atoms with van der Waals surface area (Å²) in [5.41, 5.74) is 1.86. The Labute approximate surface area is 283 Å². The van der Waals surface area contributed by atoms with Crippen LogP contribution in [0.3, 0.4) is 0 Å². The number of urea groups is 1. The first-order chi connectivity index (χ1) is 23.1. The molecule has 3 N–H and O–H groups in total. The van der Waals surface area contributed by atoms with E-state index in [1.165, 1.54) is 0 Å². The molecule has 0 spiro atoms. The van der Waals surface area contributed by atoms with Gasteiger partial charge in [-0.1, -0.05) is 25.1 Å². The maximum absolute atomic E-state index is 14.4. The van der Waals surface area contributed by atoms with Crippen LogP contribution < -0.4 is 20.1 Å². The van der Waals surface area contributed by atoms with E-state index in [2.05, 4.69) is 10.6 Å². The Balaban J connectivity index is 1.58. The zero-order chi connectivity index (χ0) is 34.6. The molecule has 4 amide bonds. The van der Waals surface area contributed by atoms with Crippen LogP contribution in [0.15, 0.2) is 72.8 Å². The van der Waals surface area contributed by atoms with E-state index in [0.717, 1.165) is 19.3 Å². The van der Waals surface area contributed by atoms with Crippen LogP contribution in [0.25, 0.3) is 0 Å². The fraction of sp³-hybridized carbons (Fsp3) is 0.432. The van der Waals surface area contributed by atoms with E-state index < -0.39 is 12.1 Å². The molecule has 0 aromatic heterocycles. The highest BCUT2D eigenvalue weighted by molar-refractivity contribution is 6.05. The van der Waals surface area contributed by atoms with Gasteiger partial charge in [0.25, 0.3) is 11.8 Å². The van der Waals surface area contributed by atoms with Gasteiger partial charge in [-0.15, -0.1) is 0 Å². The Hall–Kier alpha value is -4.61. The molecule has 11 nitrogen and oxygen atoms in total. The minimum absolute atomic E-state index is 0.185. The van der Waals surface area contributed by atoms with Gasteiger partial charge >= 0.3 is 6.03 Å². The van der Waals surface area contributed by atoms with Gasteiger partial charge in [0.05, 0.1) is 37.5 Å². The number of nitrogens with one attached hydrogen (secondary N) is 2.